The zero-order valence-corrected chi connectivity index (χ0v) is 16.3. The van der Waals surface area contributed by atoms with Crippen molar-refractivity contribution in [3.05, 3.63) is 29.8 Å². The van der Waals surface area contributed by atoms with Gasteiger partial charge in [-0.05, 0) is 57.7 Å². The summed E-state index contributed by atoms with van der Waals surface area (Å²) in [5, 5.41) is 2.98. The molecule has 1 heterocycles. The lowest BCUT2D eigenvalue weighted by Gasteiger charge is -2.22. The Morgan fingerprint density at radius 3 is 2.56 bits per heavy atom. The van der Waals surface area contributed by atoms with Crippen LogP contribution in [0.1, 0.15) is 65.4 Å². The lowest BCUT2D eigenvalue weighted by Crippen LogP contribution is -2.40. The van der Waals surface area contributed by atoms with Gasteiger partial charge in [0, 0.05) is 18.8 Å². The average Bonchev–Trinajstić information content (AvgIpc) is 2.98. The molecule has 2 rings (SSSR count). The van der Waals surface area contributed by atoms with E-state index >= 15 is 0 Å². The second-order valence-electron chi connectivity index (χ2n) is 8.05. The second-order valence-corrected chi connectivity index (χ2v) is 8.05. The molecule has 1 fully saturated rings. The number of benzene rings is 1. The van der Waals surface area contributed by atoms with E-state index in [-0.39, 0.29) is 12.1 Å². The van der Waals surface area contributed by atoms with Gasteiger partial charge in [0.15, 0.2) is 0 Å². The van der Waals surface area contributed by atoms with Gasteiger partial charge in [-0.25, -0.2) is 4.79 Å². The molecule has 1 N–H and O–H groups in total. The Hall–Kier alpha value is -1.71. The Kier molecular flexibility index (Phi) is 7.15. The molecule has 1 amide bonds. The molecule has 0 aromatic heterocycles. The van der Waals surface area contributed by atoms with Gasteiger partial charge < -0.3 is 15.0 Å². The largest absolute Gasteiger partial charge is 0.444 e. The molecule has 1 aromatic carbocycles. The second kappa shape index (κ2) is 9.12. The van der Waals surface area contributed by atoms with Crippen molar-refractivity contribution in [1.29, 1.82) is 0 Å². The van der Waals surface area contributed by atoms with Gasteiger partial charge in [-0.1, -0.05) is 38.3 Å². The van der Waals surface area contributed by atoms with Crippen LogP contribution in [-0.4, -0.2) is 30.8 Å². The summed E-state index contributed by atoms with van der Waals surface area (Å²) in [6.07, 6.45) is 7.02. The third-order valence-corrected chi connectivity index (χ3v) is 4.53. The highest BCUT2D eigenvalue weighted by Crippen LogP contribution is 2.22. The van der Waals surface area contributed by atoms with Crippen LogP contribution >= 0.6 is 0 Å². The van der Waals surface area contributed by atoms with Crippen LogP contribution in [0.2, 0.25) is 0 Å². The minimum atomic E-state index is -0.449. The summed E-state index contributed by atoms with van der Waals surface area (Å²) in [4.78, 5) is 14.2. The first-order valence-electron chi connectivity index (χ1n) is 9.71. The van der Waals surface area contributed by atoms with E-state index in [1.54, 1.807) is 0 Å². The van der Waals surface area contributed by atoms with Crippen LogP contribution in [0.3, 0.4) is 0 Å². The van der Waals surface area contributed by atoms with Gasteiger partial charge in [0.2, 0.25) is 0 Å². The van der Waals surface area contributed by atoms with Crippen molar-refractivity contribution in [2.75, 3.05) is 18.0 Å². The van der Waals surface area contributed by atoms with Crippen molar-refractivity contribution in [2.24, 2.45) is 0 Å². The molecule has 1 unspecified atom stereocenters. The fourth-order valence-corrected chi connectivity index (χ4v) is 3.22. The van der Waals surface area contributed by atoms with Gasteiger partial charge >= 0.3 is 6.09 Å². The first-order valence-corrected chi connectivity index (χ1v) is 9.71. The van der Waals surface area contributed by atoms with Gasteiger partial charge in [-0.3, -0.25) is 0 Å². The number of carbonyl (C=O) groups is 1. The Morgan fingerprint density at radius 2 is 1.92 bits per heavy atom. The molecule has 4 heteroatoms. The predicted octanol–water partition coefficient (Wildman–Crippen LogP) is 4.91. The minimum absolute atomic E-state index is 0.156. The summed E-state index contributed by atoms with van der Waals surface area (Å²) in [7, 11) is 0. The normalized spacial score (nSPS) is 17.6. The monoisotopic (exact) mass is 346 g/mol. The fraction of sp³-hybridized carbons (Fsp3) is 0.667. The van der Waals surface area contributed by atoms with E-state index in [0.717, 1.165) is 19.5 Å². The zero-order valence-electron chi connectivity index (χ0n) is 16.3. The molecular weight excluding hydrogens is 312 g/mol. The summed E-state index contributed by atoms with van der Waals surface area (Å²) in [5.74, 6) is 0. The molecule has 0 aliphatic carbocycles. The highest BCUT2D eigenvalue weighted by molar-refractivity contribution is 5.68. The number of hydrogen-bond acceptors (Lipinski definition) is 3. The molecule has 0 spiro atoms. The molecule has 0 saturated carbocycles. The number of ether oxygens (including phenoxy) is 1. The van der Waals surface area contributed by atoms with Crippen molar-refractivity contribution in [3.8, 4) is 0 Å². The van der Waals surface area contributed by atoms with Gasteiger partial charge in [-0.15, -0.1) is 0 Å². The van der Waals surface area contributed by atoms with Crippen molar-refractivity contribution >= 4 is 11.8 Å². The summed E-state index contributed by atoms with van der Waals surface area (Å²) in [6.45, 7) is 9.72. The summed E-state index contributed by atoms with van der Waals surface area (Å²) >= 11 is 0. The third-order valence-electron chi connectivity index (χ3n) is 4.53. The van der Waals surface area contributed by atoms with Crippen molar-refractivity contribution in [2.45, 2.75) is 77.9 Å². The Bertz CT molecular complexity index is 534. The molecule has 1 saturated heterocycles. The van der Waals surface area contributed by atoms with Gasteiger partial charge in [0.05, 0.1) is 6.04 Å². The van der Waals surface area contributed by atoms with E-state index in [1.165, 1.54) is 43.4 Å². The lowest BCUT2D eigenvalue weighted by molar-refractivity contribution is 0.0509. The smallest absolute Gasteiger partial charge is 0.407 e. The highest BCUT2D eigenvalue weighted by Gasteiger charge is 2.26. The molecule has 0 bridgehead atoms. The number of unbranched alkanes of at least 4 members (excludes halogenated alkanes) is 3. The maximum Gasteiger partial charge on any atom is 0.407 e. The van der Waals surface area contributed by atoms with Crippen molar-refractivity contribution in [1.82, 2.24) is 5.32 Å². The topological polar surface area (TPSA) is 41.6 Å². The zero-order chi connectivity index (χ0) is 18.3. The molecule has 140 valence electrons. The Morgan fingerprint density at radius 1 is 1.20 bits per heavy atom. The number of hydrogen-bond donors (Lipinski definition) is 1. The highest BCUT2D eigenvalue weighted by atomic mass is 16.6. The summed E-state index contributed by atoms with van der Waals surface area (Å²) in [6, 6.07) is 9.07. The van der Waals surface area contributed by atoms with Gasteiger partial charge in [0.1, 0.15) is 5.60 Å². The van der Waals surface area contributed by atoms with E-state index < -0.39 is 5.60 Å². The number of alkyl carbamates (subject to hydrolysis) is 1. The molecule has 0 radical (unpaired) electrons. The van der Waals surface area contributed by atoms with E-state index in [1.807, 2.05) is 20.8 Å². The maximum absolute atomic E-state index is 11.9. The van der Waals surface area contributed by atoms with Crippen LogP contribution in [0.4, 0.5) is 10.5 Å². The van der Waals surface area contributed by atoms with Crippen LogP contribution in [0.15, 0.2) is 24.3 Å². The molecule has 1 aliphatic heterocycles. The number of nitrogens with one attached hydrogen (secondary N) is 1. The van der Waals surface area contributed by atoms with Crippen LogP contribution in [0, 0.1) is 0 Å². The number of aryl methyl sites for hydroxylation is 1. The van der Waals surface area contributed by atoms with E-state index in [0.29, 0.717) is 0 Å². The van der Waals surface area contributed by atoms with Crippen LogP contribution in [0.5, 0.6) is 0 Å². The molecule has 25 heavy (non-hydrogen) atoms. The number of rotatable bonds is 7. The van der Waals surface area contributed by atoms with Crippen LogP contribution in [0.25, 0.3) is 0 Å². The fourth-order valence-electron chi connectivity index (χ4n) is 3.22. The van der Waals surface area contributed by atoms with Crippen LogP contribution in [-0.2, 0) is 11.2 Å². The van der Waals surface area contributed by atoms with E-state index in [9.17, 15) is 4.79 Å². The first kappa shape index (κ1) is 19.6. The maximum atomic E-state index is 11.9. The standard InChI is InChI=1S/C21H34N2O2/c1-5-6-7-8-9-17-10-12-19(13-11-17)23-15-14-18(16-23)22-20(24)25-21(2,3)4/h10-13,18H,5-9,14-16H2,1-4H3,(H,22,24). The van der Waals surface area contributed by atoms with Crippen molar-refractivity contribution in [3.63, 3.8) is 0 Å². The molecule has 1 aliphatic rings. The average molecular weight is 347 g/mol. The van der Waals surface area contributed by atoms with Crippen molar-refractivity contribution < 1.29 is 9.53 Å². The predicted molar refractivity (Wildman–Crippen MR) is 104 cm³/mol. The SMILES string of the molecule is CCCCCCc1ccc(N2CCC(NC(=O)OC(C)(C)C)C2)cc1. The molecule has 1 aromatic rings. The molecule has 1 atom stereocenters. The number of carbonyl (C=O) groups excluding carboxylic acids is 1. The first-order chi connectivity index (χ1) is 11.9. The minimum Gasteiger partial charge on any atom is -0.444 e. The number of anilines is 1. The van der Waals surface area contributed by atoms with Gasteiger partial charge in [0.25, 0.3) is 0 Å². The van der Waals surface area contributed by atoms with Crippen LogP contribution < -0.4 is 10.2 Å². The van der Waals surface area contributed by atoms with Gasteiger partial charge in [-0.2, -0.15) is 0 Å². The number of nitrogens with zero attached hydrogens (tertiary/aromatic N) is 1. The molecular formula is C21H34N2O2. The Labute approximate surface area is 152 Å². The number of amides is 1. The lowest BCUT2D eigenvalue weighted by atomic mass is 10.1. The third kappa shape index (κ3) is 6.97. The van der Waals surface area contributed by atoms with E-state index in [4.69, 9.17) is 4.74 Å². The Balaban J connectivity index is 1.78. The molecule has 4 nitrogen and oxygen atoms in total. The summed E-state index contributed by atoms with van der Waals surface area (Å²) < 4.78 is 5.34. The quantitative estimate of drug-likeness (QED) is 0.713. The summed E-state index contributed by atoms with van der Waals surface area (Å²) in [5.41, 5.74) is 2.21. The van der Waals surface area contributed by atoms with E-state index in [2.05, 4.69) is 41.4 Å².